The summed E-state index contributed by atoms with van der Waals surface area (Å²) in [5.74, 6) is -0.122. The summed E-state index contributed by atoms with van der Waals surface area (Å²) < 4.78 is 1.73. The summed E-state index contributed by atoms with van der Waals surface area (Å²) in [5, 5.41) is 2.93. The molecule has 2 aromatic rings. The van der Waals surface area contributed by atoms with Crippen molar-refractivity contribution in [3.63, 3.8) is 0 Å². The summed E-state index contributed by atoms with van der Waals surface area (Å²) in [4.78, 5) is 13.3. The molecule has 0 aliphatic carbocycles. The number of hydrogen-bond donors (Lipinski definition) is 1. The maximum atomic E-state index is 12.2. The highest BCUT2D eigenvalue weighted by atomic mass is 79.9. The minimum absolute atomic E-state index is 0.122. The molecule has 0 aliphatic heterocycles. The average Bonchev–Trinajstić information content (AvgIpc) is 2.38. The van der Waals surface area contributed by atoms with Gasteiger partial charge in [-0.15, -0.1) is 11.8 Å². The standard InChI is InChI=1S/C14H11Br2NOS/c1-19-13-5-3-2-4-12(13)17-14(18)9-6-10(15)8-11(16)7-9/h2-8H,1H3,(H,17,18). The van der Waals surface area contributed by atoms with Crippen LogP contribution in [0.3, 0.4) is 0 Å². The third-order valence-electron chi connectivity index (χ3n) is 2.48. The van der Waals surface area contributed by atoms with Crippen LogP contribution in [0.1, 0.15) is 10.4 Å². The maximum absolute atomic E-state index is 12.2. The van der Waals surface area contributed by atoms with Crippen molar-refractivity contribution < 1.29 is 4.79 Å². The lowest BCUT2D eigenvalue weighted by Gasteiger charge is -2.09. The summed E-state index contributed by atoms with van der Waals surface area (Å²) in [5.41, 5.74) is 1.44. The molecule has 5 heteroatoms. The zero-order chi connectivity index (χ0) is 13.8. The third-order valence-corrected chi connectivity index (χ3v) is 4.19. The van der Waals surface area contributed by atoms with Crippen molar-refractivity contribution in [3.8, 4) is 0 Å². The first-order valence-electron chi connectivity index (χ1n) is 5.50. The molecular weight excluding hydrogens is 390 g/mol. The van der Waals surface area contributed by atoms with E-state index in [9.17, 15) is 4.79 Å². The molecule has 19 heavy (non-hydrogen) atoms. The molecule has 98 valence electrons. The molecule has 0 heterocycles. The van der Waals surface area contributed by atoms with E-state index in [4.69, 9.17) is 0 Å². The Hall–Kier alpha value is -0.780. The molecule has 0 aliphatic rings. The van der Waals surface area contributed by atoms with Crippen LogP contribution in [0.5, 0.6) is 0 Å². The number of hydrogen-bond acceptors (Lipinski definition) is 2. The first-order valence-corrected chi connectivity index (χ1v) is 8.31. The van der Waals surface area contributed by atoms with Gasteiger partial charge in [0.15, 0.2) is 0 Å². The van der Waals surface area contributed by atoms with Gasteiger partial charge in [-0.1, -0.05) is 44.0 Å². The Bertz CT molecular complexity index is 596. The molecule has 0 aromatic heterocycles. The van der Waals surface area contributed by atoms with E-state index < -0.39 is 0 Å². The summed E-state index contributed by atoms with van der Waals surface area (Å²) in [6, 6.07) is 13.2. The molecular formula is C14H11Br2NOS. The van der Waals surface area contributed by atoms with E-state index in [0.29, 0.717) is 5.56 Å². The van der Waals surface area contributed by atoms with E-state index in [-0.39, 0.29) is 5.91 Å². The number of rotatable bonds is 3. The zero-order valence-corrected chi connectivity index (χ0v) is 14.1. The highest BCUT2D eigenvalue weighted by Crippen LogP contribution is 2.26. The van der Waals surface area contributed by atoms with Crippen LogP contribution < -0.4 is 5.32 Å². The Labute approximate surface area is 133 Å². The van der Waals surface area contributed by atoms with Crippen LogP contribution in [-0.4, -0.2) is 12.2 Å². The molecule has 0 fully saturated rings. The molecule has 0 atom stereocenters. The predicted molar refractivity (Wildman–Crippen MR) is 88.0 cm³/mol. The lowest BCUT2D eigenvalue weighted by atomic mass is 10.2. The Morgan fingerprint density at radius 1 is 1.11 bits per heavy atom. The Balaban J connectivity index is 2.25. The summed E-state index contributed by atoms with van der Waals surface area (Å²) in [6.07, 6.45) is 1.99. The second-order valence-electron chi connectivity index (χ2n) is 3.81. The second kappa shape index (κ2) is 6.59. The van der Waals surface area contributed by atoms with Crippen molar-refractivity contribution >= 4 is 55.2 Å². The number of carbonyl (C=O) groups is 1. The minimum Gasteiger partial charge on any atom is -0.321 e. The molecule has 0 unspecified atom stereocenters. The van der Waals surface area contributed by atoms with Gasteiger partial charge in [0.05, 0.1) is 5.69 Å². The quantitative estimate of drug-likeness (QED) is 0.718. The third kappa shape index (κ3) is 3.84. The number of halogens is 2. The van der Waals surface area contributed by atoms with E-state index in [1.807, 2.05) is 36.6 Å². The second-order valence-corrected chi connectivity index (χ2v) is 6.49. The van der Waals surface area contributed by atoms with Crippen LogP contribution in [0.2, 0.25) is 0 Å². The van der Waals surface area contributed by atoms with Gasteiger partial charge in [0.1, 0.15) is 0 Å². The number of nitrogens with one attached hydrogen (secondary N) is 1. The lowest BCUT2D eigenvalue weighted by Crippen LogP contribution is -2.12. The van der Waals surface area contributed by atoms with Gasteiger partial charge in [0.25, 0.3) is 5.91 Å². The lowest BCUT2D eigenvalue weighted by molar-refractivity contribution is 0.102. The van der Waals surface area contributed by atoms with Crippen LogP contribution in [-0.2, 0) is 0 Å². The molecule has 0 bridgehead atoms. The fourth-order valence-electron chi connectivity index (χ4n) is 1.63. The van der Waals surface area contributed by atoms with Crippen molar-refractivity contribution in [2.45, 2.75) is 4.90 Å². The Morgan fingerprint density at radius 2 is 1.74 bits per heavy atom. The van der Waals surface area contributed by atoms with Gasteiger partial charge in [-0.3, -0.25) is 4.79 Å². The molecule has 1 N–H and O–H groups in total. The van der Waals surface area contributed by atoms with Gasteiger partial charge in [-0.2, -0.15) is 0 Å². The minimum atomic E-state index is -0.122. The number of carbonyl (C=O) groups excluding carboxylic acids is 1. The smallest absolute Gasteiger partial charge is 0.255 e. The van der Waals surface area contributed by atoms with Crippen molar-refractivity contribution in [2.75, 3.05) is 11.6 Å². The van der Waals surface area contributed by atoms with Crippen LogP contribution >= 0.6 is 43.6 Å². The molecule has 0 saturated carbocycles. The van der Waals surface area contributed by atoms with E-state index in [1.54, 1.807) is 23.9 Å². The maximum Gasteiger partial charge on any atom is 0.255 e. The largest absolute Gasteiger partial charge is 0.321 e. The highest BCUT2D eigenvalue weighted by Gasteiger charge is 2.10. The molecule has 0 radical (unpaired) electrons. The van der Waals surface area contributed by atoms with Crippen LogP contribution in [0.15, 0.2) is 56.3 Å². The topological polar surface area (TPSA) is 29.1 Å². The SMILES string of the molecule is CSc1ccccc1NC(=O)c1cc(Br)cc(Br)c1. The fraction of sp³-hybridized carbons (Fsp3) is 0.0714. The zero-order valence-electron chi connectivity index (χ0n) is 10.1. The fourth-order valence-corrected chi connectivity index (χ4v) is 3.47. The molecule has 2 aromatic carbocycles. The van der Waals surface area contributed by atoms with Gasteiger partial charge in [-0.25, -0.2) is 0 Å². The molecule has 2 nitrogen and oxygen atoms in total. The van der Waals surface area contributed by atoms with E-state index in [0.717, 1.165) is 19.5 Å². The Morgan fingerprint density at radius 3 is 2.37 bits per heavy atom. The van der Waals surface area contributed by atoms with Gasteiger partial charge in [-0.05, 0) is 36.6 Å². The Kier molecular flexibility index (Phi) is 5.07. The molecule has 2 rings (SSSR count). The predicted octanol–water partition coefficient (Wildman–Crippen LogP) is 5.19. The van der Waals surface area contributed by atoms with Crippen molar-refractivity contribution in [1.82, 2.24) is 0 Å². The first kappa shape index (κ1) is 14.6. The number of benzene rings is 2. The van der Waals surface area contributed by atoms with E-state index in [2.05, 4.69) is 37.2 Å². The van der Waals surface area contributed by atoms with Crippen molar-refractivity contribution in [3.05, 3.63) is 57.0 Å². The van der Waals surface area contributed by atoms with Gasteiger partial charge in [0.2, 0.25) is 0 Å². The van der Waals surface area contributed by atoms with Gasteiger partial charge < -0.3 is 5.32 Å². The normalized spacial score (nSPS) is 10.3. The van der Waals surface area contributed by atoms with Gasteiger partial charge in [0, 0.05) is 19.4 Å². The van der Waals surface area contributed by atoms with Crippen molar-refractivity contribution in [2.24, 2.45) is 0 Å². The van der Waals surface area contributed by atoms with Crippen LogP contribution in [0.4, 0.5) is 5.69 Å². The molecule has 0 spiro atoms. The first-order chi connectivity index (χ1) is 9.10. The number of para-hydroxylation sites is 1. The molecule has 1 amide bonds. The van der Waals surface area contributed by atoms with Gasteiger partial charge >= 0.3 is 0 Å². The van der Waals surface area contributed by atoms with E-state index >= 15 is 0 Å². The number of anilines is 1. The highest BCUT2D eigenvalue weighted by molar-refractivity contribution is 9.11. The monoisotopic (exact) mass is 399 g/mol. The average molecular weight is 401 g/mol. The summed E-state index contributed by atoms with van der Waals surface area (Å²) in [6.45, 7) is 0. The number of amides is 1. The van der Waals surface area contributed by atoms with Crippen LogP contribution in [0.25, 0.3) is 0 Å². The summed E-state index contributed by atoms with van der Waals surface area (Å²) in [7, 11) is 0. The van der Waals surface area contributed by atoms with E-state index in [1.165, 1.54) is 0 Å². The molecule has 0 saturated heterocycles. The van der Waals surface area contributed by atoms with Crippen molar-refractivity contribution in [1.29, 1.82) is 0 Å². The number of thioether (sulfide) groups is 1. The summed E-state index contributed by atoms with van der Waals surface area (Å²) >= 11 is 8.37. The van der Waals surface area contributed by atoms with Crippen LogP contribution in [0, 0.1) is 0 Å².